The van der Waals surface area contributed by atoms with E-state index < -0.39 is 5.97 Å². The number of methoxy groups -OCH3 is 1. The van der Waals surface area contributed by atoms with Crippen LogP contribution in [0.3, 0.4) is 0 Å². The van der Waals surface area contributed by atoms with Gasteiger partial charge in [-0.15, -0.1) is 0 Å². The topological polar surface area (TPSA) is 128 Å². The minimum atomic E-state index is -0.438. The summed E-state index contributed by atoms with van der Waals surface area (Å²) >= 11 is 0. The van der Waals surface area contributed by atoms with Crippen LogP contribution in [0.25, 0.3) is 22.3 Å². The number of carbonyl (C=O) groups is 1. The number of nitrogens with two attached hydrogens (primary N) is 1. The number of anilines is 1. The number of hydrogen-bond acceptors (Lipinski definition) is 8. The second-order valence-corrected chi connectivity index (χ2v) is 5.03. The van der Waals surface area contributed by atoms with Crippen molar-refractivity contribution in [2.75, 3.05) is 25.7 Å². The Kier molecular flexibility index (Phi) is 4.75. The highest BCUT2D eigenvalue weighted by molar-refractivity contribution is 6.08. The fourth-order valence-electron chi connectivity index (χ4n) is 2.53. The predicted octanol–water partition coefficient (Wildman–Crippen LogP) is 1.53. The minimum Gasteiger partial charge on any atom is -0.480 e. The van der Waals surface area contributed by atoms with Gasteiger partial charge in [-0.1, -0.05) is 0 Å². The number of H-pyrrole nitrogens is 1. The van der Waals surface area contributed by atoms with Gasteiger partial charge in [0.05, 0.1) is 42.7 Å². The summed E-state index contributed by atoms with van der Waals surface area (Å²) in [5.74, 6) is -0.0224. The van der Waals surface area contributed by atoms with Crippen LogP contribution >= 0.6 is 0 Å². The fraction of sp³-hybridized carbons (Fsp3) is 0.250. The van der Waals surface area contributed by atoms with Crippen LogP contribution in [0, 0.1) is 0 Å². The van der Waals surface area contributed by atoms with Crippen molar-refractivity contribution in [2.45, 2.75) is 6.92 Å². The molecule has 0 saturated heterocycles. The molecule has 9 heteroatoms. The van der Waals surface area contributed by atoms with E-state index in [9.17, 15) is 4.79 Å². The molecule has 0 atom stereocenters. The number of fused-ring (bicyclic) bond motifs is 1. The molecule has 0 aliphatic carbocycles. The van der Waals surface area contributed by atoms with E-state index in [1.807, 2.05) is 6.07 Å². The third-order valence-corrected chi connectivity index (χ3v) is 3.58. The van der Waals surface area contributed by atoms with E-state index >= 15 is 0 Å². The molecular weight excluding hydrogens is 324 g/mol. The molecule has 0 saturated carbocycles. The molecule has 0 amide bonds. The Morgan fingerprint density at radius 2 is 2.20 bits per heavy atom. The number of ether oxygens (including phenoxy) is 2. The summed E-state index contributed by atoms with van der Waals surface area (Å²) in [5, 5.41) is 3.56. The van der Waals surface area contributed by atoms with Crippen LogP contribution in [-0.4, -0.2) is 46.3 Å². The highest BCUT2D eigenvalue weighted by atomic mass is 16.5. The normalized spacial score (nSPS) is 10.7. The molecule has 0 aliphatic heterocycles. The Morgan fingerprint density at radius 3 is 2.92 bits per heavy atom. The van der Waals surface area contributed by atoms with E-state index in [1.165, 1.54) is 13.4 Å². The van der Waals surface area contributed by atoms with E-state index in [0.717, 1.165) is 0 Å². The van der Waals surface area contributed by atoms with Gasteiger partial charge in [-0.25, -0.2) is 19.7 Å². The van der Waals surface area contributed by atoms with Crippen molar-refractivity contribution in [2.24, 2.45) is 5.73 Å². The van der Waals surface area contributed by atoms with Gasteiger partial charge in [0, 0.05) is 18.0 Å². The predicted molar refractivity (Wildman–Crippen MR) is 92.3 cm³/mol. The largest absolute Gasteiger partial charge is 0.480 e. The Morgan fingerprint density at radius 1 is 1.36 bits per heavy atom. The zero-order chi connectivity index (χ0) is 17.8. The molecule has 3 heterocycles. The number of aromatic nitrogens is 4. The molecule has 0 radical (unpaired) electrons. The lowest BCUT2D eigenvalue weighted by Crippen LogP contribution is -2.12. The van der Waals surface area contributed by atoms with Crippen molar-refractivity contribution in [3.05, 3.63) is 30.4 Å². The molecule has 3 aromatic rings. The first-order valence-electron chi connectivity index (χ1n) is 7.67. The van der Waals surface area contributed by atoms with Gasteiger partial charge in [0.15, 0.2) is 0 Å². The smallest absolute Gasteiger partial charge is 0.340 e. The molecule has 3 aromatic heterocycles. The van der Waals surface area contributed by atoms with Crippen LogP contribution in [0.2, 0.25) is 0 Å². The number of hydrogen-bond donors (Lipinski definition) is 3. The number of esters is 1. The first-order chi connectivity index (χ1) is 12.2. The summed E-state index contributed by atoms with van der Waals surface area (Å²) < 4.78 is 10.3. The van der Waals surface area contributed by atoms with Crippen LogP contribution in [0.1, 0.15) is 17.3 Å². The Hall–Kier alpha value is -3.20. The lowest BCUT2D eigenvalue weighted by atomic mass is 10.1. The molecule has 0 fully saturated rings. The second-order valence-electron chi connectivity index (χ2n) is 5.03. The van der Waals surface area contributed by atoms with Gasteiger partial charge in [-0.3, -0.25) is 0 Å². The van der Waals surface area contributed by atoms with Crippen molar-refractivity contribution in [3.8, 4) is 17.1 Å². The number of aromatic amines is 1. The van der Waals surface area contributed by atoms with E-state index in [0.29, 0.717) is 39.4 Å². The standard InChI is InChI=1S/C16H18N6O3/c1-3-25-16(23)10-6-18-14-12(10)13(21-8-22-14)9-4-11(20-7-17)15(24-2)19-5-9/h4-6,8,20H,3,7,17H2,1-2H3,(H,18,21,22). The van der Waals surface area contributed by atoms with Gasteiger partial charge < -0.3 is 25.5 Å². The van der Waals surface area contributed by atoms with Crippen molar-refractivity contribution >= 4 is 22.7 Å². The molecule has 0 aliphatic rings. The molecule has 9 nitrogen and oxygen atoms in total. The Bertz CT molecular complexity index is 908. The molecule has 0 bridgehead atoms. The second kappa shape index (κ2) is 7.14. The average Bonchev–Trinajstić information content (AvgIpc) is 3.06. The van der Waals surface area contributed by atoms with Crippen molar-refractivity contribution in [1.82, 2.24) is 19.9 Å². The molecule has 3 rings (SSSR count). The molecule has 25 heavy (non-hydrogen) atoms. The van der Waals surface area contributed by atoms with E-state index in [-0.39, 0.29) is 13.3 Å². The summed E-state index contributed by atoms with van der Waals surface area (Å²) in [5.41, 5.74) is 8.34. The third kappa shape index (κ3) is 3.09. The molecule has 0 spiro atoms. The maximum Gasteiger partial charge on any atom is 0.340 e. The summed E-state index contributed by atoms with van der Waals surface area (Å²) in [6.07, 6.45) is 4.60. The first kappa shape index (κ1) is 16.7. The van der Waals surface area contributed by atoms with Crippen LogP contribution < -0.4 is 15.8 Å². The van der Waals surface area contributed by atoms with Crippen molar-refractivity contribution in [1.29, 1.82) is 0 Å². The lowest BCUT2D eigenvalue weighted by Gasteiger charge is -2.11. The fourth-order valence-corrected chi connectivity index (χ4v) is 2.53. The van der Waals surface area contributed by atoms with E-state index in [2.05, 4.69) is 25.3 Å². The molecule has 4 N–H and O–H groups in total. The Labute approximate surface area is 143 Å². The van der Waals surface area contributed by atoms with Crippen molar-refractivity contribution in [3.63, 3.8) is 0 Å². The number of nitrogens with zero attached hydrogens (tertiary/aromatic N) is 3. The average molecular weight is 342 g/mol. The summed E-state index contributed by atoms with van der Waals surface area (Å²) in [7, 11) is 1.53. The monoisotopic (exact) mass is 342 g/mol. The maximum absolute atomic E-state index is 12.2. The maximum atomic E-state index is 12.2. The van der Waals surface area contributed by atoms with Gasteiger partial charge in [0.1, 0.15) is 12.0 Å². The number of pyridine rings is 1. The van der Waals surface area contributed by atoms with E-state index in [4.69, 9.17) is 15.2 Å². The van der Waals surface area contributed by atoms with Gasteiger partial charge >= 0.3 is 5.97 Å². The summed E-state index contributed by atoms with van der Waals surface area (Å²) in [4.78, 5) is 27.9. The number of rotatable bonds is 6. The van der Waals surface area contributed by atoms with Gasteiger partial charge in [0.2, 0.25) is 5.88 Å². The highest BCUT2D eigenvalue weighted by Gasteiger charge is 2.19. The number of carbonyl (C=O) groups excluding carboxylic acids is 1. The van der Waals surface area contributed by atoms with Gasteiger partial charge in [0.25, 0.3) is 0 Å². The van der Waals surface area contributed by atoms with Crippen molar-refractivity contribution < 1.29 is 14.3 Å². The summed E-state index contributed by atoms with van der Waals surface area (Å²) in [6, 6.07) is 1.81. The quantitative estimate of drug-likeness (QED) is 0.454. The van der Waals surface area contributed by atoms with Gasteiger partial charge in [-0.05, 0) is 13.0 Å². The SMILES string of the molecule is CCOC(=O)c1c[nH]c2ncnc(-c3cnc(OC)c(NCN)c3)c12. The van der Waals surface area contributed by atoms with Crippen LogP contribution in [0.5, 0.6) is 5.88 Å². The van der Waals surface area contributed by atoms with Crippen LogP contribution in [0.4, 0.5) is 5.69 Å². The zero-order valence-corrected chi connectivity index (χ0v) is 13.9. The molecule has 0 unspecified atom stereocenters. The molecule has 130 valence electrons. The Balaban J connectivity index is 2.17. The summed E-state index contributed by atoms with van der Waals surface area (Å²) in [6.45, 7) is 2.25. The number of nitrogens with one attached hydrogen (secondary N) is 2. The lowest BCUT2D eigenvalue weighted by molar-refractivity contribution is 0.0528. The third-order valence-electron chi connectivity index (χ3n) is 3.58. The van der Waals surface area contributed by atoms with Gasteiger partial charge in [-0.2, -0.15) is 0 Å². The van der Waals surface area contributed by atoms with Crippen LogP contribution in [0.15, 0.2) is 24.8 Å². The van der Waals surface area contributed by atoms with E-state index in [1.54, 1.807) is 19.3 Å². The molecule has 0 aromatic carbocycles. The zero-order valence-electron chi connectivity index (χ0n) is 13.9. The highest BCUT2D eigenvalue weighted by Crippen LogP contribution is 2.32. The molecular formula is C16H18N6O3. The first-order valence-corrected chi connectivity index (χ1v) is 7.67. The van der Waals surface area contributed by atoms with Crippen LogP contribution in [-0.2, 0) is 4.74 Å². The minimum absolute atomic E-state index is 0.221.